The van der Waals surface area contributed by atoms with E-state index in [1.165, 1.54) is 24.3 Å². The molecule has 0 aliphatic carbocycles. The number of hydrogen-bond acceptors (Lipinski definition) is 5. The van der Waals surface area contributed by atoms with Gasteiger partial charge in [-0.2, -0.15) is 5.26 Å². The standard InChI is InChI=1S/C17H14ClN3O4/c1-10(2)20-17(22)11(9-19)7-13-4-6-16(25-13)14-5-3-12(21(23)24)8-15(14)18/h3-8,10H,1-2H3,(H,20,22)/b11-7-. The van der Waals surface area contributed by atoms with Gasteiger partial charge in [0, 0.05) is 29.8 Å². The summed E-state index contributed by atoms with van der Waals surface area (Å²) in [5.41, 5.74) is 0.249. The van der Waals surface area contributed by atoms with Gasteiger partial charge in [0.05, 0.1) is 9.95 Å². The molecule has 0 fully saturated rings. The molecule has 1 amide bonds. The summed E-state index contributed by atoms with van der Waals surface area (Å²) in [5, 5.41) is 22.6. The number of nitrogens with zero attached hydrogens (tertiary/aromatic N) is 2. The Kier molecular flexibility index (Phi) is 5.57. The first-order chi connectivity index (χ1) is 11.8. The Morgan fingerprint density at radius 2 is 2.12 bits per heavy atom. The lowest BCUT2D eigenvalue weighted by Crippen LogP contribution is -2.30. The number of nitriles is 1. The molecule has 2 aromatic rings. The number of benzene rings is 1. The molecule has 0 bridgehead atoms. The number of carbonyl (C=O) groups excluding carboxylic acids is 1. The van der Waals surface area contributed by atoms with Crippen LogP contribution < -0.4 is 5.32 Å². The molecule has 8 heteroatoms. The van der Waals surface area contributed by atoms with Crippen molar-refractivity contribution in [1.29, 1.82) is 5.26 Å². The summed E-state index contributed by atoms with van der Waals surface area (Å²) < 4.78 is 5.58. The van der Waals surface area contributed by atoms with Crippen molar-refractivity contribution in [3.8, 4) is 17.4 Å². The van der Waals surface area contributed by atoms with Gasteiger partial charge in [0.25, 0.3) is 11.6 Å². The van der Waals surface area contributed by atoms with E-state index in [1.807, 2.05) is 6.07 Å². The summed E-state index contributed by atoms with van der Waals surface area (Å²) in [6.07, 6.45) is 1.32. The van der Waals surface area contributed by atoms with Crippen molar-refractivity contribution < 1.29 is 14.1 Å². The van der Waals surface area contributed by atoms with E-state index in [1.54, 1.807) is 26.0 Å². The first-order valence-corrected chi connectivity index (χ1v) is 7.66. The molecule has 1 aromatic heterocycles. The molecule has 0 aliphatic heterocycles. The minimum atomic E-state index is -0.543. The number of amides is 1. The number of nitro benzene ring substituents is 1. The number of hydrogen-bond donors (Lipinski definition) is 1. The fourth-order valence-corrected chi connectivity index (χ4v) is 2.29. The predicted molar refractivity (Wildman–Crippen MR) is 92.7 cm³/mol. The van der Waals surface area contributed by atoms with E-state index in [0.29, 0.717) is 17.1 Å². The van der Waals surface area contributed by atoms with Gasteiger partial charge in [-0.1, -0.05) is 11.6 Å². The van der Waals surface area contributed by atoms with E-state index in [2.05, 4.69) is 5.32 Å². The Hall–Kier alpha value is -3.11. The Morgan fingerprint density at radius 1 is 1.40 bits per heavy atom. The molecule has 0 unspecified atom stereocenters. The molecule has 25 heavy (non-hydrogen) atoms. The molecule has 128 valence electrons. The molecule has 1 aromatic carbocycles. The smallest absolute Gasteiger partial charge is 0.270 e. The van der Waals surface area contributed by atoms with Crippen LogP contribution in [0.4, 0.5) is 5.69 Å². The zero-order valence-electron chi connectivity index (χ0n) is 13.4. The van der Waals surface area contributed by atoms with Crippen LogP contribution in [-0.4, -0.2) is 16.9 Å². The zero-order valence-corrected chi connectivity index (χ0v) is 14.2. The van der Waals surface area contributed by atoms with E-state index in [9.17, 15) is 14.9 Å². The second-order valence-corrected chi connectivity index (χ2v) is 5.83. The molecule has 7 nitrogen and oxygen atoms in total. The highest BCUT2D eigenvalue weighted by Gasteiger charge is 2.15. The molecule has 1 heterocycles. The van der Waals surface area contributed by atoms with Gasteiger partial charge in [-0.15, -0.1) is 0 Å². The third-order valence-electron chi connectivity index (χ3n) is 3.13. The summed E-state index contributed by atoms with van der Waals surface area (Å²) in [6, 6.07) is 8.92. The van der Waals surface area contributed by atoms with Gasteiger partial charge in [0.2, 0.25) is 0 Å². The Bertz CT molecular complexity index is 894. The van der Waals surface area contributed by atoms with Gasteiger partial charge in [-0.25, -0.2) is 0 Å². The van der Waals surface area contributed by atoms with Crippen LogP contribution in [0.2, 0.25) is 5.02 Å². The molecule has 0 radical (unpaired) electrons. The number of carbonyl (C=O) groups is 1. The summed E-state index contributed by atoms with van der Waals surface area (Å²) in [7, 11) is 0. The van der Waals surface area contributed by atoms with E-state index in [0.717, 1.165) is 0 Å². The van der Waals surface area contributed by atoms with Crippen LogP contribution in [0.25, 0.3) is 17.4 Å². The summed E-state index contributed by atoms with van der Waals surface area (Å²) in [4.78, 5) is 22.1. The average molecular weight is 360 g/mol. The predicted octanol–water partition coefficient (Wildman–Crippen LogP) is 3.94. The van der Waals surface area contributed by atoms with Crippen molar-refractivity contribution in [3.05, 3.63) is 56.8 Å². The maximum absolute atomic E-state index is 11.9. The molecule has 0 saturated carbocycles. The Morgan fingerprint density at radius 3 is 2.68 bits per heavy atom. The van der Waals surface area contributed by atoms with Crippen LogP contribution in [-0.2, 0) is 4.79 Å². The lowest BCUT2D eigenvalue weighted by molar-refractivity contribution is -0.384. The molecule has 0 saturated heterocycles. The van der Waals surface area contributed by atoms with Crippen LogP contribution in [0, 0.1) is 21.4 Å². The van der Waals surface area contributed by atoms with Crippen molar-refractivity contribution in [3.63, 3.8) is 0 Å². The highest BCUT2D eigenvalue weighted by molar-refractivity contribution is 6.33. The average Bonchev–Trinajstić information content (AvgIpc) is 2.99. The lowest BCUT2D eigenvalue weighted by Gasteiger charge is -2.06. The molecule has 2 rings (SSSR count). The van der Waals surface area contributed by atoms with Gasteiger partial charge in [0.1, 0.15) is 23.2 Å². The fourth-order valence-electron chi connectivity index (χ4n) is 2.02. The van der Waals surface area contributed by atoms with Crippen molar-refractivity contribution in [2.45, 2.75) is 19.9 Å². The maximum Gasteiger partial charge on any atom is 0.270 e. The lowest BCUT2D eigenvalue weighted by atomic mass is 10.1. The third kappa shape index (κ3) is 4.46. The third-order valence-corrected chi connectivity index (χ3v) is 3.44. The second-order valence-electron chi connectivity index (χ2n) is 5.42. The van der Waals surface area contributed by atoms with Crippen LogP contribution in [0.3, 0.4) is 0 Å². The van der Waals surface area contributed by atoms with Crippen molar-refractivity contribution >= 4 is 29.3 Å². The highest BCUT2D eigenvalue weighted by Crippen LogP contribution is 2.32. The van der Waals surface area contributed by atoms with Crippen molar-refractivity contribution in [1.82, 2.24) is 5.32 Å². The quantitative estimate of drug-likeness (QED) is 0.376. The number of halogens is 1. The van der Waals surface area contributed by atoms with E-state index < -0.39 is 10.8 Å². The normalized spacial score (nSPS) is 11.2. The molecule has 0 spiro atoms. The van der Waals surface area contributed by atoms with Crippen molar-refractivity contribution in [2.24, 2.45) is 0 Å². The molecule has 0 atom stereocenters. The topological polar surface area (TPSA) is 109 Å². The van der Waals surface area contributed by atoms with Gasteiger partial charge >= 0.3 is 0 Å². The summed E-state index contributed by atoms with van der Waals surface area (Å²) in [5.74, 6) is 0.163. The van der Waals surface area contributed by atoms with Crippen LogP contribution in [0.1, 0.15) is 19.6 Å². The molecular formula is C17H14ClN3O4. The minimum absolute atomic E-state index is 0.0932. The van der Waals surface area contributed by atoms with Gasteiger partial charge in [-0.3, -0.25) is 14.9 Å². The number of nitro groups is 1. The Balaban J connectivity index is 2.31. The second kappa shape index (κ2) is 7.64. The van der Waals surface area contributed by atoms with Crippen LogP contribution >= 0.6 is 11.6 Å². The first kappa shape index (κ1) is 18.2. The van der Waals surface area contributed by atoms with Gasteiger partial charge < -0.3 is 9.73 Å². The van der Waals surface area contributed by atoms with Crippen LogP contribution in [0.15, 0.2) is 40.3 Å². The summed E-state index contributed by atoms with van der Waals surface area (Å²) >= 11 is 6.06. The first-order valence-electron chi connectivity index (χ1n) is 7.28. The number of rotatable bonds is 5. The number of furan rings is 1. The van der Waals surface area contributed by atoms with Crippen LogP contribution in [0.5, 0.6) is 0 Å². The number of nitrogens with one attached hydrogen (secondary N) is 1. The Labute approximate surface area is 148 Å². The zero-order chi connectivity index (χ0) is 18.6. The van der Waals surface area contributed by atoms with Gasteiger partial charge in [-0.05, 0) is 32.0 Å². The van der Waals surface area contributed by atoms with Gasteiger partial charge in [0.15, 0.2) is 0 Å². The fraction of sp³-hybridized carbons (Fsp3) is 0.176. The number of non-ortho nitro benzene ring substituents is 1. The summed E-state index contributed by atoms with van der Waals surface area (Å²) in [6.45, 7) is 3.57. The SMILES string of the molecule is CC(C)NC(=O)/C(C#N)=C\c1ccc(-c2ccc([N+](=O)[O-])cc2Cl)o1. The monoisotopic (exact) mass is 359 g/mol. The van der Waals surface area contributed by atoms with E-state index in [-0.39, 0.29) is 22.3 Å². The minimum Gasteiger partial charge on any atom is -0.457 e. The van der Waals surface area contributed by atoms with Crippen molar-refractivity contribution in [2.75, 3.05) is 0 Å². The molecular weight excluding hydrogens is 346 g/mol. The molecule has 1 N–H and O–H groups in total. The molecule has 0 aliphatic rings. The largest absolute Gasteiger partial charge is 0.457 e. The highest BCUT2D eigenvalue weighted by atomic mass is 35.5. The van der Waals surface area contributed by atoms with E-state index >= 15 is 0 Å². The maximum atomic E-state index is 11.9. The van der Waals surface area contributed by atoms with E-state index in [4.69, 9.17) is 21.3 Å².